The molecule has 0 atom stereocenters. The van der Waals surface area contributed by atoms with E-state index in [0.717, 1.165) is 28.3 Å². The van der Waals surface area contributed by atoms with Crippen LogP contribution in [0.2, 0.25) is 0 Å². The van der Waals surface area contributed by atoms with Gasteiger partial charge >= 0.3 is 0 Å². The van der Waals surface area contributed by atoms with Crippen LogP contribution >= 0.6 is 0 Å². The maximum atomic E-state index is 13.2. The third-order valence-electron chi connectivity index (χ3n) is 4.80. The first-order valence-corrected chi connectivity index (χ1v) is 9.59. The molecule has 2 aromatic heterocycles. The van der Waals surface area contributed by atoms with Crippen LogP contribution in [0.5, 0.6) is 0 Å². The summed E-state index contributed by atoms with van der Waals surface area (Å²) >= 11 is 0. The van der Waals surface area contributed by atoms with Gasteiger partial charge in [-0.1, -0.05) is 6.07 Å². The zero-order valence-corrected chi connectivity index (χ0v) is 17.2. The molecule has 0 saturated carbocycles. The molecule has 0 saturated heterocycles. The van der Waals surface area contributed by atoms with Crippen molar-refractivity contribution in [1.29, 1.82) is 0 Å². The van der Waals surface area contributed by atoms with Crippen molar-refractivity contribution in [2.75, 3.05) is 5.32 Å². The van der Waals surface area contributed by atoms with Crippen molar-refractivity contribution in [3.8, 4) is 11.4 Å². The van der Waals surface area contributed by atoms with Gasteiger partial charge in [-0.05, 0) is 79.7 Å². The fourth-order valence-electron chi connectivity index (χ4n) is 3.26. The second-order valence-electron chi connectivity index (χ2n) is 6.98. The molecule has 8 nitrogen and oxygen atoms in total. The largest absolute Gasteiger partial charge is 0.322 e. The zero-order chi connectivity index (χ0) is 22.0. The van der Waals surface area contributed by atoms with Crippen molar-refractivity contribution in [2.24, 2.45) is 0 Å². The van der Waals surface area contributed by atoms with Crippen molar-refractivity contribution >= 4 is 17.7 Å². The first kappa shape index (κ1) is 20.1. The van der Waals surface area contributed by atoms with Crippen molar-refractivity contribution in [3.05, 3.63) is 83.2 Å². The first-order valence-electron chi connectivity index (χ1n) is 9.59. The van der Waals surface area contributed by atoms with Gasteiger partial charge in [0.05, 0.1) is 17.1 Å². The number of nitrogens with zero attached hydrogens (tertiary/aromatic N) is 6. The number of halogens is 1. The van der Waals surface area contributed by atoms with Gasteiger partial charge in [-0.3, -0.25) is 4.79 Å². The fourth-order valence-corrected chi connectivity index (χ4v) is 3.26. The van der Waals surface area contributed by atoms with E-state index in [1.165, 1.54) is 18.2 Å². The molecule has 1 amide bonds. The molecule has 9 heteroatoms. The topological polar surface area (TPSA) is 90.5 Å². The van der Waals surface area contributed by atoms with Gasteiger partial charge in [-0.2, -0.15) is 9.78 Å². The number of aryl methyl sites for hydroxylation is 2. The minimum Gasteiger partial charge on any atom is -0.322 e. The van der Waals surface area contributed by atoms with E-state index >= 15 is 0 Å². The number of carbonyl (C=O) groups excluding carboxylic acids is 1. The van der Waals surface area contributed by atoms with E-state index in [1.807, 2.05) is 26.0 Å². The highest BCUT2D eigenvalue weighted by Crippen LogP contribution is 2.20. The van der Waals surface area contributed by atoms with Crippen molar-refractivity contribution in [2.45, 2.75) is 20.8 Å². The Balaban J connectivity index is 1.51. The van der Waals surface area contributed by atoms with E-state index in [4.69, 9.17) is 0 Å². The van der Waals surface area contributed by atoms with E-state index < -0.39 is 0 Å². The summed E-state index contributed by atoms with van der Waals surface area (Å²) in [4.78, 5) is 12.5. The van der Waals surface area contributed by atoms with E-state index in [2.05, 4.69) is 25.9 Å². The maximum Gasteiger partial charge on any atom is 0.248 e. The van der Waals surface area contributed by atoms with Crippen LogP contribution in [0, 0.1) is 26.6 Å². The van der Waals surface area contributed by atoms with Crippen LogP contribution in [0.3, 0.4) is 0 Å². The molecule has 0 unspecified atom stereocenters. The molecular weight excluding hydrogens is 397 g/mol. The second kappa shape index (κ2) is 8.31. The molecule has 0 aliphatic rings. The summed E-state index contributed by atoms with van der Waals surface area (Å²) in [5, 5.41) is 18.8. The summed E-state index contributed by atoms with van der Waals surface area (Å²) in [6.45, 7) is 5.56. The molecule has 0 aliphatic carbocycles. The number of carbonyl (C=O) groups is 1. The Bertz CT molecular complexity index is 1270. The summed E-state index contributed by atoms with van der Waals surface area (Å²) in [5.41, 5.74) is 4.57. The number of anilines is 1. The van der Waals surface area contributed by atoms with E-state index in [-0.39, 0.29) is 11.7 Å². The SMILES string of the molecule is Cc1nn(-c2ccc(F)cc2)c(C)c1/C=C/C(=O)Nc1cccc(-n2nnnc2C)c1. The molecule has 0 radical (unpaired) electrons. The fraction of sp³-hybridized carbons (Fsp3) is 0.136. The van der Waals surface area contributed by atoms with Crippen molar-refractivity contribution < 1.29 is 9.18 Å². The summed E-state index contributed by atoms with van der Waals surface area (Å²) in [6.07, 6.45) is 3.18. The molecule has 2 heterocycles. The number of hydrogen-bond donors (Lipinski definition) is 1. The van der Waals surface area contributed by atoms with E-state index in [1.54, 1.807) is 46.6 Å². The van der Waals surface area contributed by atoms with Crippen LogP contribution in [0.1, 0.15) is 22.8 Å². The quantitative estimate of drug-likeness (QED) is 0.502. The molecule has 156 valence electrons. The van der Waals surface area contributed by atoms with Gasteiger partial charge in [0.1, 0.15) is 5.82 Å². The highest BCUT2D eigenvalue weighted by atomic mass is 19.1. The molecule has 4 aromatic rings. The maximum absolute atomic E-state index is 13.2. The highest BCUT2D eigenvalue weighted by Gasteiger charge is 2.11. The Morgan fingerprint density at radius 1 is 1.03 bits per heavy atom. The average Bonchev–Trinajstić information content (AvgIpc) is 3.30. The number of amides is 1. The number of hydrogen-bond acceptors (Lipinski definition) is 5. The van der Waals surface area contributed by atoms with Crippen LogP contribution in [0.25, 0.3) is 17.5 Å². The van der Waals surface area contributed by atoms with E-state index in [9.17, 15) is 9.18 Å². The molecule has 1 N–H and O–H groups in total. The van der Waals surface area contributed by atoms with Crippen LogP contribution < -0.4 is 5.32 Å². The van der Waals surface area contributed by atoms with Gasteiger partial charge in [0.25, 0.3) is 0 Å². The number of tetrazole rings is 1. The minimum absolute atomic E-state index is 0.279. The average molecular weight is 417 g/mol. The van der Waals surface area contributed by atoms with Gasteiger partial charge < -0.3 is 5.32 Å². The lowest BCUT2D eigenvalue weighted by atomic mass is 10.2. The standard InChI is InChI=1S/C22H20FN7O/c1-14-21(15(2)29(26-14)19-9-7-17(23)8-10-19)11-12-22(31)24-18-5-4-6-20(13-18)30-16(3)25-27-28-30/h4-13H,1-3H3,(H,24,31)/b12-11+. The van der Waals surface area contributed by atoms with Gasteiger partial charge in [0, 0.05) is 23.0 Å². The van der Waals surface area contributed by atoms with Crippen LogP contribution in [-0.2, 0) is 4.79 Å². The van der Waals surface area contributed by atoms with Crippen molar-refractivity contribution in [1.82, 2.24) is 30.0 Å². The Hall–Kier alpha value is -4.14. The smallest absolute Gasteiger partial charge is 0.248 e. The molecule has 0 bridgehead atoms. The van der Waals surface area contributed by atoms with Gasteiger partial charge in [-0.15, -0.1) is 5.10 Å². The Morgan fingerprint density at radius 3 is 2.52 bits per heavy atom. The monoisotopic (exact) mass is 417 g/mol. The second-order valence-corrected chi connectivity index (χ2v) is 6.98. The molecule has 0 aliphatic heterocycles. The van der Waals surface area contributed by atoms with E-state index in [0.29, 0.717) is 11.5 Å². The molecule has 2 aromatic carbocycles. The minimum atomic E-state index is -0.304. The first-order chi connectivity index (χ1) is 14.9. The molecule has 0 spiro atoms. The van der Waals surface area contributed by atoms with Crippen LogP contribution in [0.4, 0.5) is 10.1 Å². The number of rotatable bonds is 5. The summed E-state index contributed by atoms with van der Waals surface area (Å²) in [7, 11) is 0. The highest BCUT2D eigenvalue weighted by molar-refractivity contribution is 6.02. The zero-order valence-electron chi connectivity index (χ0n) is 17.2. The van der Waals surface area contributed by atoms with Crippen molar-refractivity contribution in [3.63, 3.8) is 0 Å². The lowest BCUT2D eigenvalue weighted by Gasteiger charge is -2.06. The predicted molar refractivity (Wildman–Crippen MR) is 115 cm³/mol. The summed E-state index contributed by atoms with van der Waals surface area (Å²) in [6, 6.07) is 13.3. The lowest BCUT2D eigenvalue weighted by Crippen LogP contribution is -2.08. The Morgan fingerprint density at radius 2 is 1.81 bits per heavy atom. The molecule has 31 heavy (non-hydrogen) atoms. The van der Waals surface area contributed by atoms with Gasteiger partial charge in [0.2, 0.25) is 5.91 Å². The van der Waals surface area contributed by atoms with Gasteiger partial charge in [-0.25, -0.2) is 9.07 Å². The molecular formula is C22H20FN7O. The van der Waals surface area contributed by atoms with Crippen LogP contribution in [0.15, 0.2) is 54.6 Å². The Labute approximate surface area is 178 Å². The third-order valence-corrected chi connectivity index (χ3v) is 4.80. The molecule has 0 fully saturated rings. The number of aromatic nitrogens is 6. The third kappa shape index (κ3) is 4.25. The summed E-state index contributed by atoms with van der Waals surface area (Å²) in [5.74, 6) is 0.0628. The van der Waals surface area contributed by atoms with Crippen LogP contribution in [-0.4, -0.2) is 35.9 Å². The predicted octanol–water partition coefficient (Wildman–Crippen LogP) is 3.56. The Kier molecular flexibility index (Phi) is 5.40. The number of benzene rings is 2. The molecule has 4 rings (SSSR count). The van der Waals surface area contributed by atoms with Gasteiger partial charge in [0.15, 0.2) is 5.82 Å². The lowest BCUT2D eigenvalue weighted by molar-refractivity contribution is -0.111. The normalized spacial score (nSPS) is 11.2. The summed E-state index contributed by atoms with van der Waals surface area (Å²) < 4.78 is 16.5. The number of nitrogens with one attached hydrogen (secondary N) is 1.